The summed E-state index contributed by atoms with van der Waals surface area (Å²) in [7, 11) is 4.03. The normalized spacial score (nSPS) is 11.1. The molecule has 1 amide bonds. The monoisotopic (exact) mass is 262 g/mol. The molecule has 1 heterocycles. The SMILES string of the molecule is CN(C)CCCOc1nc2c(C(N)=O)cccc2[nH]1. The van der Waals surface area contributed by atoms with Crippen molar-refractivity contribution in [3.05, 3.63) is 23.8 Å². The zero-order chi connectivity index (χ0) is 13.8. The summed E-state index contributed by atoms with van der Waals surface area (Å²) >= 11 is 0. The first kappa shape index (κ1) is 13.4. The summed E-state index contributed by atoms with van der Waals surface area (Å²) in [6.45, 7) is 1.52. The summed E-state index contributed by atoms with van der Waals surface area (Å²) in [6, 6.07) is 5.67. The molecule has 0 aliphatic rings. The van der Waals surface area contributed by atoms with Gasteiger partial charge in [-0.05, 0) is 32.6 Å². The molecule has 2 aromatic rings. The van der Waals surface area contributed by atoms with Crippen LogP contribution < -0.4 is 10.5 Å². The number of amides is 1. The second-order valence-corrected chi connectivity index (χ2v) is 4.61. The number of aromatic amines is 1. The largest absolute Gasteiger partial charge is 0.465 e. The van der Waals surface area contributed by atoms with Gasteiger partial charge in [-0.1, -0.05) is 6.07 Å². The van der Waals surface area contributed by atoms with E-state index in [9.17, 15) is 4.79 Å². The first-order valence-corrected chi connectivity index (χ1v) is 6.14. The van der Waals surface area contributed by atoms with Gasteiger partial charge in [0.1, 0.15) is 5.52 Å². The highest BCUT2D eigenvalue weighted by molar-refractivity contribution is 6.04. The number of imidazole rings is 1. The average Bonchev–Trinajstić information content (AvgIpc) is 2.76. The van der Waals surface area contributed by atoms with Gasteiger partial charge < -0.3 is 20.4 Å². The quantitative estimate of drug-likeness (QED) is 0.760. The summed E-state index contributed by atoms with van der Waals surface area (Å²) in [5, 5.41) is 0. The van der Waals surface area contributed by atoms with Gasteiger partial charge in [0, 0.05) is 6.54 Å². The number of nitrogens with zero attached hydrogens (tertiary/aromatic N) is 2. The predicted octanol–water partition coefficient (Wildman–Crippen LogP) is 0.992. The number of carbonyl (C=O) groups excluding carboxylic acids is 1. The van der Waals surface area contributed by atoms with Crippen LogP contribution >= 0.6 is 0 Å². The number of nitrogens with two attached hydrogens (primary N) is 1. The van der Waals surface area contributed by atoms with E-state index in [1.54, 1.807) is 12.1 Å². The lowest BCUT2D eigenvalue weighted by atomic mass is 10.2. The lowest BCUT2D eigenvalue weighted by Crippen LogP contribution is -2.15. The van der Waals surface area contributed by atoms with E-state index in [0.29, 0.717) is 23.7 Å². The van der Waals surface area contributed by atoms with Gasteiger partial charge in [-0.2, -0.15) is 4.98 Å². The fraction of sp³-hybridized carbons (Fsp3) is 0.385. The van der Waals surface area contributed by atoms with E-state index in [1.807, 2.05) is 20.2 Å². The van der Waals surface area contributed by atoms with Crippen molar-refractivity contribution in [3.8, 4) is 6.01 Å². The number of carbonyl (C=O) groups is 1. The number of hydrogen-bond acceptors (Lipinski definition) is 4. The number of primary amides is 1. The van der Waals surface area contributed by atoms with Gasteiger partial charge in [0.15, 0.2) is 0 Å². The fourth-order valence-corrected chi connectivity index (χ4v) is 1.83. The molecule has 0 aliphatic carbocycles. The van der Waals surface area contributed by atoms with Gasteiger partial charge in [0.05, 0.1) is 17.7 Å². The zero-order valence-electron chi connectivity index (χ0n) is 11.1. The van der Waals surface area contributed by atoms with E-state index >= 15 is 0 Å². The molecular formula is C13H18N4O2. The minimum Gasteiger partial charge on any atom is -0.465 e. The first-order chi connectivity index (χ1) is 9.08. The molecule has 102 valence electrons. The van der Waals surface area contributed by atoms with E-state index in [4.69, 9.17) is 10.5 Å². The molecule has 0 unspecified atom stereocenters. The van der Waals surface area contributed by atoms with Gasteiger partial charge in [-0.25, -0.2) is 0 Å². The second kappa shape index (κ2) is 5.71. The molecule has 6 nitrogen and oxygen atoms in total. The second-order valence-electron chi connectivity index (χ2n) is 4.61. The standard InChI is InChI=1S/C13H18N4O2/c1-17(2)7-4-8-19-13-15-10-6-3-5-9(12(14)18)11(10)16-13/h3,5-6H,4,7-8H2,1-2H3,(H2,14,18)(H,15,16). The van der Waals surface area contributed by atoms with E-state index in [2.05, 4.69) is 14.9 Å². The van der Waals surface area contributed by atoms with E-state index in [-0.39, 0.29) is 0 Å². The number of rotatable bonds is 6. The summed E-state index contributed by atoms with van der Waals surface area (Å²) in [6.07, 6.45) is 0.909. The van der Waals surface area contributed by atoms with Crippen molar-refractivity contribution in [2.75, 3.05) is 27.2 Å². The maximum Gasteiger partial charge on any atom is 0.294 e. The summed E-state index contributed by atoms with van der Waals surface area (Å²) in [5.74, 6) is -0.490. The number of hydrogen-bond donors (Lipinski definition) is 2. The topological polar surface area (TPSA) is 84.2 Å². The maximum absolute atomic E-state index is 11.3. The number of benzene rings is 1. The number of aromatic nitrogens is 2. The molecule has 2 rings (SSSR count). The van der Waals surface area contributed by atoms with E-state index in [1.165, 1.54) is 0 Å². The van der Waals surface area contributed by atoms with Gasteiger partial charge in [0.2, 0.25) is 0 Å². The Kier molecular flexibility index (Phi) is 4.01. The molecule has 0 aliphatic heterocycles. The Morgan fingerprint density at radius 2 is 2.26 bits per heavy atom. The van der Waals surface area contributed by atoms with Crippen LogP contribution in [0.3, 0.4) is 0 Å². The van der Waals surface area contributed by atoms with Crippen LogP contribution in [-0.4, -0.2) is 48.0 Å². The van der Waals surface area contributed by atoms with Gasteiger partial charge in [-0.15, -0.1) is 0 Å². The van der Waals surface area contributed by atoms with Crippen LogP contribution in [-0.2, 0) is 0 Å². The third-order valence-electron chi connectivity index (χ3n) is 2.74. The number of ether oxygens (including phenoxy) is 1. The van der Waals surface area contributed by atoms with Crippen LogP contribution in [0.15, 0.2) is 18.2 Å². The third kappa shape index (κ3) is 3.23. The molecule has 1 aromatic heterocycles. The average molecular weight is 262 g/mol. The molecule has 0 saturated heterocycles. The van der Waals surface area contributed by atoms with Gasteiger partial charge >= 0.3 is 0 Å². The van der Waals surface area contributed by atoms with Crippen molar-refractivity contribution in [2.24, 2.45) is 5.73 Å². The van der Waals surface area contributed by atoms with Crippen LogP contribution in [0.2, 0.25) is 0 Å². The smallest absolute Gasteiger partial charge is 0.294 e. The number of fused-ring (bicyclic) bond motifs is 1. The number of H-pyrrole nitrogens is 1. The summed E-state index contributed by atoms with van der Waals surface area (Å²) in [5.41, 5.74) is 7.01. The Morgan fingerprint density at radius 1 is 1.47 bits per heavy atom. The molecule has 19 heavy (non-hydrogen) atoms. The molecule has 6 heteroatoms. The molecule has 0 bridgehead atoms. The van der Waals surface area contributed by atoms with Crippen molar-refractivity contribution < 1.29 is 9.53 Å². The molecule has 3 N–H and O–H groups in total. The van der Waals surface area contributed by atoms with E-state index < -0.39 is 5.91 Å². The lowest BCUT2D eigenvalue weighted by molar-refractivity contribution is 0.100. The molecule has 1 aromatic carbocycles. The van der Waals surface area contributed by atoms with Gasteiger partial charge in [0.25, 0.3) is 11.9 Å². The molecule has 0 spiro atoms. The first-order valence-electron chi connectivity index (χ1n) is 6.14. The Bertz CT molecular complexity index is 577. The van der Waals surface area contributed by atoms with Crippen molar-refractivity contribution >= 4 is 16.9 Å². The Hall–Kier alpha value is -2.08. The Labute approximate surface area is 111 Å². The van der Waals surface area contributed by atoms with Crippen molar-refractivity contribution in [3.63, 3.8) is 0 Å². The highest BCUT2D eigenvalue weighted by atomic mass is 16.5. The highest BCUT2D eigenvalue weighted by Gasteiger charge is 2.11. The van der Waals surface area contributed by atoms with Crippen molar-refractivity contribution in [2.45, 2.75) is 6.42 Å². The fourth-order valence-electron chi connectivity index (χ4n) is 1.83. The highest BCUT2D eigenvalue weighted by Crippen LogP contribution is 2.19. The number of nitrogens with one attached hydrogen (secondary N) is 1. The molecular weight excluding hydrogens is 244 g/mol. The van der Waals surface area contributed by atoms with Crippen LogP contribution in [0.5, 0.6) is 6.01 Å². The molecule has 0 fully saturated rings. The van der Waals surface area contributed by atoms with Crippen LogP contribution in [0.25, 0.3) is 11.0 Å². The van der Waals surface area contributed by atoms with Crippen LogP contribution in [0.4, 0.5) is 0 Å². The van der Waals surface area contributed by atoms with Crippen molar-refractivity contribution in [1.82, 2.24) is 14.9 Å². The molecule has 0 saturated carbocycles. The molecule has 0 atom stereocenters. The maximum atomic E-state index is 11.3. The third-order valence-corrected chi connectivity index (χ3v) is 2.74. The Balaban J connectivity index is 2.09. The lowest BCUT2D eigenvalue weighted by Gasteiger charge is -2.08. The molecule has 0 radical (unpaired) electrons. The minimum absolute atomic E-state index is 0.400. The Morgan fingerprint density at radius 3 is 2.95 bits per heavy atom. The zero-order valence-corrected chi connectivity index (χ0v) is 11.1. The van der Waals surface area contributed by atoms with Crippen molar-refractivity contribution in [1.29, 1.82) is 0 Å². The van der Waals surface area contributed by atoms with Gasteiger partial charge in [-0.3, -0.25) is 4.79 Å². The predicted molar refractivity (Wildman–Crippen MR) is 73.3 cm³/mol. The number of para-hydroxylation sites is 1. The summed E-state index contributed by atoms with van der Waals surface area (Å²) in [4.78, 5) is 20.7. The van der Waals surface area contributed by atoms with Crippen LogP contribution in [0.1, 0.15) is 16.8 Å². The summed E-state index contributed by atoms with van der Waals surface area (Å²) < 4.78 is 5.53. The van der Waals surface area contributed by atoms with Crippen LogP contribution in [0, 0.1) is 0 Å². The minimum atomic E-state index is -0.490. The van der Waals surface area contributed by atoms with E-state index in [0.717, 1.165) is 18.5 Å².